The summed E-state index contributed by atoms with van der Waals surface area (Å²) in [4.78, 5) is 10.9. The minimum absolute atomic E-state index is 0.0236. The van der Waals surface area contributed by atoms with Gasteiger partial charge in [-0.15, -0.1) is 0 Å². The van der Waals surface area contributed by atoms with E-state index < -0.39 is 11.6 Å². The number of hydrogen-bond acceptors (Lipinski definition) is 3. The van der Waals surface area contributed by atoms with Gasteiger partial charge in [0, 0.05) is 12.7 Å². The van der Waals surface area contributed by atoms with Crippen LogP contribution < -0.4 is 5.32 Å². The molecule has 2 aromatic carbocycles. The van der Waals surface area contributed by atoms with E-state index in [1.807, 2.05) is 20.8 Å². The third kappa shape index (κ3) is 5.62. The Morgan fingerprint density at radius 3 is 2.26 bits per heavy atom. The number of rotatable bonds is 3. The summed E-state index contributed by atoms with van der Waals surface area (Å²) in [6.45, 7) is 5.86. The van der Waals surface area contributed by atoms with Crippen LogP contribution in [-0.2, 0) is 0 Å². The summed E-state index contributed by atoms with van der Waals surface area (Å²) in [6, 6.07) is 7.20. The number of aryl methyl sites for hydroxylation is 1. The number of carbonyl (C=O) groups excluding carboxylic acids is 1. The third-order valence-electron chi connectivity index (χ3n) is 2.64. The van der Waals surface area contributed by atoms with Crippen molar-refractivity contribution in [3.63, 3.8) is 0 Å². The van der Waals surface area contributed by atoms with Gasteiger partial charge in [0.15, 0.2) is 17.9 Å². The first-order valence-corrected chi connectivity index (χ1v) is 7.32. The highest BCUT2D eigenvalue weighted by atomic mass is 35.5. The summed E-state index contributed by atoms with van der Waals surface area (Å²) >= 11 is 6.00. The summed E-state index contributed by atoms with van der Waals surface area (Å²) in [5.74, 6) is -2.14. The molecule has 0 aromatic heterocycles. The quantitative estimate of drug-likeness (QED) is 0.761. The number of carbonyl (C=O) groups is 1. The van der Waals surface area contributed by atoms with Crippen LogP contribution in [0.15, 0.2) is 30.3 Å². The summed E-state index contributed by atoms with van der Waals surface area (Å²) < 4.78 is 26.9. The van der Waals surface area contributed by atoms with E-state index in [-0.39, 0.29) is 11.3 Å². The molecule has 2 rings (SSSR count). The Morgan fingerprint density at radius 2 is 1.74 bits per heavy atom. The molecule has 6 heteroatoms. The smallest absolute Gasteiger partial charge is 0.182 e. The van der Waals surface area contributed by atoms with Crippen LogP contribution in [0.25, 0.3) is 0 Å². The lowest BCUT2D eigenvalue weighted by atomic mass is 10.1. The fourth-order valence-electron chi connectivity index (χ4n) is 1.65. The number of aliphatic hydroxyl groups is 1. The molecule has 0 saturated carbocycles. The van der Waals surface area contributed by atoms with Crippen molar-refractivity contribution in [3.8, 4) is 0 Å². The average Bonchev–Trinajstić information content (AvgIpc) is 2.58. The molecule has 3 nitrogen and oxygen atoms in total. The fraction of sp³-hybridized carbons (Fsp3) is 0.235. The summed E-state index contributed by atoms with van der Waals surface area (Å²) in [5.41, 5.74) is 1.14. The molecular formula is C17H20ClF2NO2. The fourth-order valence-corrected chi connectivity index (χ4v) is 1.93. The number of halogens is 3. The SMILES string of the molecule is CC.CO.Cc1ccc(Nc2c(C=O)ccc(F)c2F)c(Cl)c1. The zero-order valence-electron chi connectivity index (χ0n) is 13.5. The molecule has 126 valence electrons. The maximum atomic E-state index is 13.7. The van der Waals surface area contributed by atoms with Crippen molar-refractivity contribution in [2.45, 2.75) is 20.8 Å². The van der Waals surface area contributed by atoms with Crippen molar-refractivity contribution in [3.05, 3.63) is 58.1 Å². The predicted octanol–water partition coefficient (Wildman–Crippen LogP) is 5.12. The van der Waals surface area contributed by atoms with Gasteiger partial charge < -0.3 is 10.4 Å². The van der Waals surface area contributed by atoms with E-state index in [1.54, 1.807) is 18.2 Å². The van der Waals surface area contributed by atoms with Crippen LogP contribution in [0.4, 0.5) is 20.2 Å². The van der Waals surface area contributed by atoms with Crippen molar-refractivity contribution in [1.82, 2.24) is 0 Å². The highest BCUT2D eigenvalue weighted by molar-refractivity contribution is 6.33. The van der Waals surface area contributed by atoms with Crippen LogP contribution in [0.2, 0.25) is 5.02 Å². The topological polar surface area (TPSA) is 49.3 Å². The first-order valence-electron chi connectivity index (χ1n) is 6.94. The molecule has 0 atom stereocenters. The van der Waals surface area contributed by atoms with Crippen LogP contribution in [-0.4, -0.2) is 18.5 Å². The largest absolute Gasteiger partial charge is 0.400 e. The van der Waals surface area contributed by atoms with Crippen molar-refractivity contribution in [2.75, 3.05) is 12.4 Å². The maximum Gasteiger partial charge on any atom is 0.182 e. The van der Waals surface area contributed by atoms with Gasteiger partial charge >= 0.3 is 0 Å². The van der Waals surface area contributed by atoms with E-state index in [0.717, 1.165) is 18.7 Å². The number of aldehydes is 1. The Kier molecular flexibility index (Phi) is 9.78. The molecular weight excluding hydrogens is 324 g/mol. The van der Waals surface area contributed by atoms with Crippen molar-refractivity contribution >= 4 is 29.3 Å². The number of nitrogens with one attached hydrogen (secondary N) is 1. The van der Waals surface area contributed by atoms with Crippen LogP contribution in [0.1, 0.15) is 29.8 Å². The molecule has 0 bridgehead atoms. The molecule has 0 aliphatic carbocycles. The minimum atomic E-state index is -1.11. The standard InChI is InChI=1S/C14H10ClF2NO.C2H6.CH4O/c1-8-2-5-12(10(15)6-8)18-14-9(7-19)3-4-11(16)13(14)17;2*1-2/h2-7,18H,1H3;1-2H3;2H,1H3. The monoisotopic (exact) mass is 343 g/mol. The number of hydrogen-bond donors (Lipinski definition) is 2. The first kappa shape index (κ1) is 21.0. The molecule has 0 saturated heterocycles. The van der Waals surface area contributed by atoms with Crippen LogP contribution in [0.3, 0.4) is 0 Å². The number of aliphatic hydroxyl groups excluding tert-OH is 1. The summed E-state index contributed by atoms with van der Waals surface area (Å²) in [7, 11) is 1.00. The Bertz CT molecular complexity index is 649. The zero-order valence-corrected chi connectivity index (χ0v) is 14.2. The molecule has 0 radical (unpaired) electrons. The molecule has 0 unspecified atom stereocenters. The Labute approximate surface area is 139 Å². The second kappa shape index (κ2) is 10.7. The Hall–Kier alpha value is -1.98. The molecule has 0 spiro atoms. The second-order valence-electron chi connectivity index (χ2n) is 4.05. The zero-order chi connectivity index (χ0) is 18.0. The van der Waals surface area contributed by atoms with E-state index in [1.165, 1.54) is 6.07 Å². The van der Waals surface area contributed by atoms with E-state index in [2.05, 4.69) is 5.32 Å². The van der Waals surface area contributed by atoms with Crippen molar-refractivity contribution in [1.29, 1.82) is 0 Å². The minimum Gasteiger partial charge on any atom is -0.400 e. The molecule has 0 heterocycles. The lowest BCUT2D eigenvalue weighted by Crippen LogP contribution is -2.01. The van der Waals surface area contributed by atoms with Gasteiger partial charge in [-0.1, -0.05) is 31.5 Å². The van der Waals surface area contributed by atoms with Gasteiger partial charge in [-0.3, -0.25) is 4.79 Å². The molecule has 2 aromatic rings. The van der Waals surface area contributed by atoms with Gasteiger partial charge in [-0.2, -0.15) is 0 Å². The summed E-state index contributed by atoms with van der Waals surface area (Å²) in [6.07, 6.45) is 0.451. The lowest BCUT2D eigenvalue weighted by molar-refractivity contribution is 0.112. The number of benzene rings is 2. The third-order valence-corrected chi connectivity index (χ3v) is 2.95. The molecule has 0 amide bonds. The Balaban J connectivity index is 0.00000112. The van der Waals surface area contributed by atoms with Crippen LogP contribution in [0, 0.1) is 18.6 Å². The molecule has 0 aliphatic heterocycles. The van der Waals surface area contributed by atoms with E-state index in [0.29, 0.717) is 17.0 Å². The van der Waals surface area contributed by atoms with Gasteiger partial charge in [-0.25, -0.2) is 8.78 Å². The predicted molar refractivity (Wildman–Crippen MR) is 90.7 cm³/mol. The van der Waals surface area contributed by atoms with E-state index >= 15 is 0 Å². The van der Waals surface area contributed by atoms with Crippen molar-refractivity contribution in [2.24, 2.45) is 0 Å². The summed E-state index contributed by atoms with van der Waals surface area (Å²) in [5, 5.41) is 10.0. The van der Waals surface area contributed by atoms with Gasteiger partial charge in [0.2, 0.25) is 0 Å². The molecule has 0 fully saturated rings. The molecule has 23 heavy (non-hydrogen) atoms. The lowest BCUT2D eigenvalue weighted by Gasteiger charge is -2.12. The highest BCUT2D eigenvalue weighted by Gasteiger charge is 2.14. The number of anilines is 2. The Morgan fingerprint density at radius 1 is 1.13 bits per heavy atom. The van der Waals surface area contributed by atoms with Gasteiger partial charge in [0.1, 0.15) is 0 Å². The van der Waals surface area contributed by atoms with Gasteiger partial charge in [0.05, 0.1) is 16.4 Å². The van der Waals surface area contributed by atoms with Gasteiger partial charge in [-0.05, 0) is 36.8 Å². The average molecular weight is 344 g/mol. The molecule has 0 aliphatic rings. The molecule has 2 N–H and O–H groups in total. The normalized spacial score (nSPS) is 9.04. The maximum absolute atomic E-state index is 13.7. The van der Waals surface area contributed by atoms with E-state index in [9.17, 15) is 13.6 Å². The van der Waals surface area contributed by atoms with E-state index in [4.69, 9.17) is 16.7 Å². The second-order valence-corrected chi connectivity index (χ2v) is 4.46. The van der Waals surface area contributed by atoms with Gasteiger partial charge in [0.25, 0.3) is 0 Å². The first-order chi connectivity index (χ1) is 11.0. The van der Waals surface area contributed by atoms with Crippen molar-refractivity contribution < 1.29 is 18.7 Å². The van der Waals surface area contributed by atoms with Crippen LogP contribution >= 0.6 is 11.6 Å². The van der Waals surface area contributed by atoms with Crippen LogP contribution in [0.5, 0.6) is 0 Å². The highest BCUT2D eigenvalue weighted by Crippen LogP contribution is 2.30.